The average molecular weight is 687 g/mol. The molecule has 0 fully saturated rings. The molecule has 0 N–H and O–H groups in total. The topological polar surface area (TPSA) is 43.6 Å². The van der Waals surface area contributed by atoms with E-state index in [4.69, 9.17) is 19.1 Å². The van der Waals surface area contributed by atoms with Crippen LogP contribution in [-0.4, -0.2) is 19.5 Å². The van der Waals surface area contributed by atoms with Crippen molar-refractivity contribution in [2.75, 3.05) is 0 Å². The van der Waals surface area contributed by atoms with Gasteiger partial charge in [0.2, 0.25) is 0 Å². The van der Waals surface area contributed by atoms with Crippen LogP contribution in [0.4, 0.5) is 0 Å². The highest BCUT2D eigenvalue weighted by molar-refractivity contribution is 7.26. The molecule has 0 atom stereocenters. The lowest BCUT2D eigenvalue weighted by Gasteiger charge is -2.13. The number of fused-ring (bicyclic) bond motifs is 10. The molecule has 0 amide bonds. The molecule has 0 spiro atoms. The van der Waals surface area contributed by atoms with Gasteiger partial charge in [0.15, 0.2) is 17.5 Å². The first-order valence-corrected chi connectivity index (χ1v) is 17.8. The third kappa shape index (κ3) is 4.36. The fourth-order valence-electron chi connectivity index (χ4n) is 7.50. The molecule has 3 heterocycles. The Labute approximate surface area is 311 Å². The van der Waals surface area contributed by atoms with E-state index in [0.29, 0.717) is 32.1 Å². The van der Waals surface area contributed by atoms with Crippen LogP contribution >= 0.6 is 11.3 Å². The van der Waals surface area contributed by atoms with E-state index in [2.05, 4.69) is 48.5 Å². The molecule has 0 unspecified atom stereocenters. The molecule has 0 saturated heterocycles. The molecular weight excluding hydrogens is 653 g/mol. The molecule has 0 radical (unpaired) electrons. The van der Waals surface area contributed by atoms with Crippen molar-refractivity contribution >= 4 is 74.9 Å². The second-order valence-electron chi connectivity index (χ2n) is 12.7. The third-order valence-electron chi connectivity index (χ3n) is 9.80. The summed E-state index contributed by atoms with van der Waals surface area (Å²) in [4.78, 5) is 14.8. The van der Waals surface area contributed by atoms with Gasteiger partial charge in [-0.1, -0.05) is 139 Å². The summed E-state index contributed by atoms with van der Waals surface area (Å²) >= 11 is 1.20. The van der Waals surface area contributed by atoms with E-state index in [1.807, 2.05) is 89.5 Å². The molecule has 0 aliphatic heterocycles. The molecule has 5 heteroatoms. The summed E-state index contributed by atoms with van der Waals surface area (Å²) < 4.78 is 58.6. The summed E-state index contributed by atoms with van der Waals surface area (Å²) in [7, 11) is 0. The van der Waals surface area contributed by atoms with E-state index in [1.54, 1.807) is 0 Å². The smallest absolute Gasteiger partial charge is 0.164 e. The highest BCUT2D eigenvalue weighted by Gasteiger charge is 2.23. The van der Waals surface area contributed by atoms with E-state index >= 15 is 0 Å². The molecule has 0 bridgehead atoms. The predicted molar refractivity (Wildman–Crippen MR) is 218 cm³/mol. The van der Waals surface area contributed by atoms with Crippen molar-refractivity contribution in [1.82, 2.24) is 19.5 Å². The lowest BCUT2D eigenvalue weighted by atomic mass is 10.00. The Balaban J connectivity index is 1.35. The Kier molecular flexibility index (Phi) is 5.20. The van der Waals surface area contributed by atoms with Gasteiger partial charge in [0.1, 0.15) is 0 Å². The second kappa shape index (κ2) is 11.4. The maximum atomic E-state index is 9.98. The molecule has 3 aromatic heterocycles. The number of benzene rings is 8. The molecule has 4 nitrogen and oxygen atoms in total. The Hall–Kier alpha value is -6.69. The zero-order valence-corrected chi connectivity index (χ0v) is 28.2. The quantitative estimate of drug-likeness (QED) is 0.185. The Morgan fingerprint density at radius 3 is 1.62 bits per heavy atom. The lowest BCUT2D eigenvalue weighted by Crippen LogP contribution is -2.01. The largest absolute Gasteiger partial charge is 0.308 e. The van der Waals surface area contributed by atoms with Gasteiger partial charge in [-0.3, -0.25) is 0 Å². The standard InChI is InChI=1S/C47H28N4S/c1-3-15-31(16-4-1)45-48-46(32-17-5-2-6-18-32)50-47(49-45)36-25-28-39(44-41(36)35-21-11-12-22-40(35)52-44)51-37-26-23-29-13-7-9-19-33(29)42(37)43-34-20-10-8-14-30(34)24-27-38(43)51/h1-28H/i11D,12D,21D,22D,25D,28D. The van der Waals surface area contributed by atoms with Crippen LogP contribution in [0, 0.1) is 0 Å². The van der Waals surface area contributed by atoms with Crippen LogP contribution in [0.2, 0.25) is 0 Å². The fourth-order valence-corrected chi connectivity index (χ4v) is 8.61. The van der Waals surface area contributed by atoms with Crippen molar-refractivity contribution in [3.8, 4) is 39.9 Å². The summed E-state index contributed by atoms with van der Waals surface area (Å²) in [5.41, 5.74) is 3.75. The van der Waals surface area contributed by atoms with E-state index < -0.39 is 0 Å². The Bertz CT molecular complexity index is 3380. The molecule has 0 aliphatic rings. The fraction of sp³-hybridized carbons (Fsp3) is 0. The number of thiophene rings is 1. The van der Waals surface area contributed by atoms with E-state index in [-0.39, 0.29) is 53.0 Å². The van der Waals surface area contributed by atoms with Gasteiger partial charge in [-0.25, -0.2) is 15.0 Å². The van der Waals surface area contributed by atoms with Crippen LogP contribution in [0.3, 0.4) is 0 Å². The molecule has 11 aromatic rings. The van der Waals surface area contributed by atoms with Crippen LogP contribution in [0.15, 0.2) is 170 Å². The summed E-state index contributed by atoms with van der Waals surface area (Å²) in [5.74, 6) is 0.875. The lowest BCUT2D eigenvalue weighted by molar-refractivity contribution is 1.08. The van der Waals surface area contributed by atoms with Crippen LogP contribution in [0.1, 0.15) is 8.22 Å². The molecule has 8 aromatic carbocycles. The summed E-state index contributed by atoms with van der Waals surface area (Å²) in [6.45, 7) is 0. The SMILES string of the molecule is [2H]c1c([2H])c([2H])c2c(sc3c(-n4c5ccc6ccccc6c5c5c6ccccc6ccc54)c([2H])c([2H])c(-c4nc(-c5ccccc5)nc(-c5ccccc5)n4)c32)c1[2H]. The normalized spacial score (nSPS) is 13.5. The number of nitrogens with zero attached hydrogens (tertiary/aromatic N) is 4. The van der Waals surface area contributed by atoms with Gasteiger partial charge >= 0.3 is 0 Å². The van der Waals surface area contributed by atoms with Gasteiger partial charge in [0, 0.05) is 42.9 Å². The van der Waals surface area contributed by atoms with Gasteiger partial charge in [-0.05, 0) is 51.8 Å². The first-order valence-electron chi connectivity index (χ1n) is 20.0. The molecule has 242 valence electrons. The minimum Gasteiger partial charge on any atom is -0.308 e. The van der Waals surface area contributed by atoms with E-state index in [0.717, 1.165) is 54.5 Å². The molecule has 0 aliphatic carbocycles. The van der Waals surface area contributed by atoms with Gasteiger partial charge in [-0.15, -0.1) is 11.3 Å². The van der Waals surface area contributed by atoms with Gasteiger partial charge in [-0.2, -0.15) is 0 Å². The van der Waals surface area contributed by atoms with Crippen molar-refractivity contribution in [1.29, 1.82) is 0 Å². The van der Waals surface area contributed by atoms with Crippen molar-refractivity contribution in [3.63, 3.8) is 0 Å². The summed E-state index contributed by atoms with van der Waals surface area (Å²) in [6, 6.07) is 42.3. The van der Waals surface area contributed by atoms with Crippen molar-refractivity contribution < 1.29 is 8.22 Å². The monoisotopic (exact) mass is 686 g/mol. The van der Waals surface area contributed by atoms with Crippen molar-refractivity contribution in [2.24, 2.45) is 0 Å². The predicted octanol–water partition coefficient (Wildman–Crippen LogP) is 12.6. The second-order valence-corrected chi connectivity index (χ2v) is 13.7. The van der Waals surface area contributed by atoms with Gasteiger partial charge in [0.05, 0.1) is 29.6 Å². The minimum absolute atomic E-state index is 0.0904. The summed E-state index contributed by atoms with van der Waals surface area (Å²) in [6.07, 6.45) is 0. The Morgan fingerprint density at radius 2 is 1.00 bits per heavy atom. The van der Waals surface area contributed by atoms with Gasteiger partial charge in [0.25, 0.3) is 0 Å². The van der Waals surface area contributed by atoms with Crippen LogP contribution < -0.4 is 0 Å². The maximum absolute atomic E-state index is 9.98. The number of hydrogen-bond donors (Lipinski definition) is 0. The molecule has 11 rings (SSSR count). The van der Waals surface area contributed by atoms with Crippen LogP contribution in [0.5, 0.6) is 0 Å². The molecule has 0 saturated carbocycles. The number of aromatic nitrogens is 4. The molecular formula is C47H28N4S. The van der Waals surface area contributed by atoms with Crippen LogP contribution in [-0.2, 0) is 0 Å². The first kappa shape index (κ1) is 23.7. The van der Waals surface area contributed by atoms with E-state index in [9.17, 15) is 4.11 Å². The first-order chi connectivity index (χ1) is 28.3. The molecule has 52 heavy (non-hydrogen) atoms. The minimum atomic E-state index is -0.383. The maximum Gasteiger partial charge on any atom is 0.164 e. The number of rotatable bonds is 4. The third-order valence-corrected chi connectivity index (χ3v) is 10.9. The highest BCUT2D eigenvalue weighted by atomic mass is 32.1. The van der Waals surface area contributed by atoms with Crippen molar-refractivity contribution in [3.05, 3.63) is 170 Å². The summed E-state index contributed by atoms with van der Waals surface area (Å²) in [5, 5.41) is 6.91. The highest BCUT2D eigenvalue weighted by Crippen LogP contribution is 2.46. The van der Waals surface area contributed by atoms with Gasteiger partial charge < -0.3 is 4.57 Å². The average Bonchev–Trinajstić information content (AvgIpc) is 3.83. The zero-order valence-electron chi connectivity index (χ0n) is 33.4. The Morgan fingerprint density at radius 1 is 0.462 bits per heavy atom. The van der Waals surface area contributed by atoms with Crippen LogP contribution in [0.25, 0.3) is 103 Å². The van der Waals surface area contributed by atoms with Crippen molar-refractivity contribution in [2.45, 2.75) is 0 Å². The zero-order chi connectivity index (χ0) is 39.4. The van der Waals surface area contributed by atoms with E-state index in [1.165, 1.54) is 11.3 Å². The number of hydrogen-bond acceptors (Lipinski definition) is 4.